The molecule has 1 aromatic heterocycles. The Morgan fingerprint density at radius 3 is 2.24 bits per heavy atom. The molecule has 148 valence electrons. The Labute approximate surface area is 170 Å². The number of rotatable bonds is 4. The summed E-state index contributed by atoms with van der Waals surface area (Å²) in [5.74, 6) is 0.733. The summed E-state index contributed by atoms with van der Waals surface area (Å²) in [6, 6.07) is 17.4. The zero-order valence-corrected chi connectivity index (χ0v) is 16.7. The van der Waals surface area contributed by atoms with E-state index in [-0.39, 0.29) is 5.91 Å². The Hall–Kier alpha value is -3.25. The van der Waals surface area contributed by atoms with Crippen molar-refractivity contribution < 1.29 is 9.53 Å². The molecule has 2 aromatic carbocycles. The summed E-state index contributed by atoms with van der Waals surface area (Å²) in [5.41, 5.74) is 5.36. The van der Waals surface area contributed by atoms with E-state index in [9.17, 15) is 4.79 Å². The van der Waals surface area contributed by atoms with Crippen molar-refractivity contribution in [2.24, 2.45) is 0 Å². The molecule has 0 bridgehead atoms. The van der Waals surface area contributed by atoms with Gasteiger partial charge in [0.1, 0.15) is 0 Å². The number of aryl methyl sites for hydroxylation is 2. The van der Waals surface area contributed by atoms with E-state index in [1.807, 2.05) is 62.4 Å². The van der Waals surface area contributed by atoms with Crippen molar-refractivity contribution in [2.45, 2.75) is 13.8 Å². The molecule has 0 unspecified atom stereocenters. The van der Waals surface area contributed by atoms with Crippen molar-refractivity contribution in [3.63, 3.8) is 0 Å². The van der Waals surface area contributed by atoms with Gasteiger partial charge in [0.05, 0.1) is 18.9 Å². The van der Waals surface area contributed by atoms with Crippen molar-refractivity contribution in [1.82, 2.24) is 10.2 Å². The van der Waals surface area contributed by atoms with Crippen LogP contribution in [0.2, 0.25) is 0 Å². The van der Waals surface area contributed by atoms with Crippen molar-refractivity contribution in [3.05, 3.63) is 71.3 Å². The van der Waals surface area contributed by atoms with E-state index in [2.05, 4.69) is 26.5 Å². The maximum Gasteiger partial charge on any atom is 0.255 e. The van der Waals surface area contributed by atoms with Crippen LogP contribution in [-0.4, -0.2) is 42.4 Å². The molecule has 0 spiro atoms. The Kier molecular flexibility index (Phi) is 5.53. The fourth-order valence-corrected chi connectivity index (χ4v) is 3.48. The van der Waals surface area contributed by atoms with Gasteiger partial charge in [-0.2, -0.15) is 0 Å². The third-order valence-corrected chi connectivity index (χ3v) is 4.91. The molecule has 1 aliphatic rings. The lowest BCUT2D eigenvalue weighted by molar-refractivity contribution is 0.102. The molecule has 0 saturated carbocycles. The van der Waals surface area contributed by atoms with Crippen LogP contribution in [0.5, 0.6) is 0 Å². The second-order valence-corrected chi connectivity index (χ2v) is 7.28. The zero-order valence-electron chi connectivity index (χ0n) is 16.7. The predicted octanol–water partition coefficient (Wildman–Crippen LogP) is 3.85. The largest absolute Gasteiger partial charge is 0.378 e. The highest BCUT2D eigenvalue weighted by Gasteiger charge is 2.13. The molecule has 6 nitrogen and oxygen atoms in total. The minimum absolute atomic E-state index is 0.129. The van der Waals surface area contributed by atoms with E-state index in [0.29, 0.717) is 5.56 Å². The molecule has 0 radical (unpaired) electrons. The molecule has 6 heteroatoms. The molecule has 29 heavy (non-hydrogen) atoms. The average Bonchev–Trinajstić information content (AvgIpc) is 2.74. The normalized spacial score (nSPS) is 13.9. The van der Waals surface area contributed by atoms with Crippen LogP contribution in [0.3, 0.4) is 0 Å². The highest BCUT2D eigenvalue weighted by molar-refractivity contribution is 6.04. The second-order valence-electron chi connectivity index (χ2n) is 7.28. The lowest BCUT2D eigenvalue weighted by Crippen LogP contribution is -2.36. The Morgan fingerprint density at radius 2 is 1.62 bits per heavy atom. The highest BCUT2D eigenvalue weighted by Crippen LogP contribution is 2.21. The number of amides is 1. The summed E-state index contributed by atoms with van der Waals surface area (Å²) < 4.78 is 5.37. The lowest BCUT2D eigenvalue weighted by Gasteiger charge is -2.27. The first-order valence-corrected chi connectivity index (χ1v) is 9.75. The lowest BCUT2D eigenvalue weighted by atomic mass is 10.1. The number of carbonyl (C=O) groups excluding carboxylic acids is 1. The first-order valence-electron chi connectivity index (χ1n) is 9.75. The van der Waals surface area contributed by atoms with E-state index in [0.717, 1.165) is 60.2 Å². The minimum atomic E-state index is -0.129. The standard InChI is InChI=1S/C23H24N4O2/c1-16-13-17(2)15-20(14-16)24-23(28)19-5-3-18(4-6-19)21-7-8-22(26-25-21)27-9-11-29-12-10-27/h3-8,13-15H,9-12H2,1-2H3,(H,24,28). The number of hydrogen-bond acceptors (Lipinski definition) is 5. The van der Waals surface area contributed by atoms with Crippen LogP contribution in [0.1, 0.15) is 21.5 Å². The van der Waals surface area contributed by atoms with Gasteiger partial charge in [0.15, 0.2) is 5.82 Å². The summed E-state index contributed by atoms with van der Waals surface area (Å²) in [6.07, 6.45) is 0. The molecule has 1 saturated heterocycles. The van der Waals surface area contributed by atoms with E-state index >= 15 is 0 Å². The summed E-state index contributed by atoms with van der Waals surface area (Å²) in [6.45, 7) is 7.13. The quantitative estimate of drug-likeness (QED) is 0.735. The summed E-state index contributed by atoms with van der Waals surface area (Å²) >= 11 is 0. The summed E-state index contributed by atoms with van der Waals surface area (Å²) in [7, 11) is 0. The molecule has 1 aliphatic heterocycles. The molecule has 4 rings (SSSR count). The van der Waals surface area contributed by atoms with Crippen LogP contribution in [0, 0.1) is 13.8 Å². The number of nitrogens with one attached hydrogen (secondary N) is 1. The van der Waals surface area contributed by atoms with Crippen molar-refractivity contribution in [1.29, 1.82) is 0 Å². The van der Waals surface area contributed by atoms with E-state index < -0.39 is 0 Å². The van der Waals surface area contributed by atoms with Crippen LogP contribution in [-0.2, 0) is 4.74 Å². The zero-order chi connectivity index (χ0) is 20.2. The fraction of sp³-hybridized carbons (Fsp3) is 0.261. The number of aromatic nitrogens is 2. The number of anilines is 2. The Balaban J connectivity index is 1.45. The number of carbonyl (C=O) groups is 1. The van der Waals surface area contributed by atoms with Gasteiger partial charge < -0.3 is 15.0 Å². The van der Waals surface area contributed by atoms with Gasteiger partial charge >= 0.3 is 0 Å². The number of ether oxygens (including phenoxy) is 1. The predicted molar refractivity (Wildman–Crippen MR) is 114 cm³/mol. The third kappa shape index (κ3) is 4.60. The number of hydrogen-bond donors (Lipinski definition) is 1. The van der Waals surface area contributed by atoms with Crippen LogP contribution in [0.25, 0.3) is 11.3 Å². The molecular formula is C23H24N4O2. The molecule has 1 N–H and O–H groups in total. The molecule has 1 fully saturated rings. The maximum atomic E-state index is 12.5. The van der Waals surface area contributed by atoms with Crippen LogP contribution >= 0.6 is 0 Å². The Morgan fingerprint density at radius 1 is 0.931 bits per heavy atom. The Bertz CT molecular complexity index is 974. The smallest absolute Gasteiger partial charge is 0.255 e. The number of morpholine rings is 1. The number of nitrogens with zero attached hydrogens (tertiary/aromatic N) is 3. The molecule has 0 aliphatic carbocycles. The molecule has 2 heterocycles. The minimum Gasteiger partial charge on any atom is -0.378 e. The van der Waals surface area contributed by atoms with Gasteiger partial charge in [-0.25, -0.2) is 0 Å². The molecule has 3 aromatic rings. The summed E-state index contributed by atoms with van der Waals surface area (Å²) in [5, 5.41) is 11.7. The number of benzene rings is 2. The van der Waals surface area contributed by atoms with E-state index in [1.54, 1.807) is 0 Å². The first-order chi connectivity index (χ1) is 14.1. The van der Waals surface area contributed by atoms with Gasteiger partial charge in [0.25, 0.3) is 5.91 Å². The van der Waals surface area contributed by atoms with Crippen molar-refractivity contribution in [3.8, 4) is 11.3 Å². The monoisotopic (exact) mass is 388 g/mol. The van der Waals surface area contributed by atoms with Gasteiger partial charge in [0.2, 0.25) is 0 Å². The SMILES string of the molecule is Cc1cc(C)cc(NC(=O)c2ccc(-c3ccc(N4CCOCC4)nn3)cc2)c1. The van der Waals surface area contributed by atoms with Gasteiger partial charge in [-0.05, 0) is 61.4 Å². The van der Waals surface area contributed by atoms with Gasteiger partial charge in [-0.15, -0.1) is 10.2 Å². The van der Waals surface area contributed by atoms with Gasteiger partial charge in [-0.3, -0.25) is 4.79 Å². The third-order valence-electron chi connectivity index (χ3n) is 4.91. The van der Waals surface area contributed by atoms with E-state index in [4.69, 9.17) is 4.74 Å². The molecule has 0 atom stereocenters. The van der Waals surface area contributed by atoms with Crippen molar-refractivity contribution in [2.75, 3.05) is 36.5 Å². The van der Waals surface area contributed by atoms with E-state index in [1.165, 1.54) is 0 Å². The average molecular weight is 388 g/mol. The highest BCUT2D eigenvalue weighted by atomic mass is 16.5. The van der Waals surface area contributed by atoms with Crippen LogP contribution in [0.15, 0.2) is 54.6 Å². The van der Waals surface area contributed by atoms with Gasteiger partial charge in [-0.1, -0.05) is 18.2 Å². The van der Waals surface area contributed by atoms with Crippen LogP contribution in [0.4, 0.5) is 11.5 Å². The molecule has 1 amide bonds. The van der Waals surface area contributed by atoms with Crippen molar-refractivity contribution >= 4 is 17.4 Å². The maximum absolute atomic E-state index is 12.5. The fourth-order valence-electron chi connectivity index (χ4n) is 3.48. The second kappa shape index (κ2) is 8.41. The first kappa shape index (κ1) is 19.1. The topological polar surface area (TPSA) is 67.4 Å². The molecular weight excluding hydrogens is 364 g/mol. The van der Waals surface area contributed by atoms with Gasteiger partial charge in [0, 0.05) is 29.9 Å². The summed E-state index contributed by atoms with van der Waals surface area (Å²) in [4.78, 5) is 14.7. The van der Waals surface area contributed by atoms with Crippen LogP contribution < -0.4 is 10.2 Å².